The maximum Gasteiger partial charge on any atom is 0.220 e. The third kappa shape index (κ3) is 3.00. The first-order valence-corrected chi connectivity index (χ1v) is 5.04. The standard InChI is InChI=1S/C10H17N3O/c1-8(6-11)7-13-4-2-9(3-5-13)10(12)14/h8-9H,2-5,7H2,1H3,(H2,12,14). The van der Waals surface area contributed by atoms with E-state index >= 15 is 0 Å². The highest BCUT2D eigenvalue weighted by Gasteiger charge is 2.23. The maximum absolute atomic E-state index is 10.9. The summed E-state index contributed by atoms with van der Waals surface area (Å²) in [6.45, 7) is 4.50. The van der Waals surface area contributed by atoms with Crippen LogP contribution in [-0.2, 0) is 4.79 Å². The van der Waals surface area contributed by atoms with Crippen LogP contribution in [0.3, 0.4) is 0 Å². The number of nitrogens with two attached hydrogens (primary N) is 1. The second-order valence-electron chi connectivity index (χ2n) is 4.01. The third-order valence-electron chi connectivity index (χ3n) is 2.74. The van der Waals surface area contributed by atoms with Crippen molar-refractivity contribution in [2.45, 2.75) is 19.8 Å². The number of primary amides is 1. The van der Waals surface area contributed by atoms with E-state index in [4.69, 9.17) is 11.0 Å². The van der Waals surface area contributed by atoms with Crippen molar-refractivity contribution in [2.75, 3.05) is 19.6 Å². The van der Waals surface area contributed by atoms with Gasteiger partial charge >= 0.3 is 0 Å². The predicted molar refractivity (Wildman–Crippen MR) is 53.1 cm³/mol. The van der Waals surface area contributed by atoms with Crippen molar-refractivity contribution in [2.24, 2.45) is 17.6 Å². The maximum atomic E-state index is 10.9. The van der Waals surface area contributed by atoms with Crippen molar-refractivity contribution in [1.82, 2.24) is 4.90 Å². The molecule has 0 aliphatic carbocycles. The molecule has 0 bridgehead atoms. The minimum atomic E-state index is -0.182. The van der Waals surface area contributed by atoms with Crippen molar-refractivity contribution in [3.05, 3.63) is 0 Å². The molecule has 0 aromatic heterocycles. The molecule has 4 heteroatoms. The highest BCUT2D eigenvalue weighted by molar-refractivity contribution is 5.76. The summed E-state index contributed by atoms with van der Waals surface area (Å²) in [4.78, 5) is 13.1. The summed E-state index contributed by atoms with van der Waals surface area (Å²) in [6.07, 6.45) is 1.68. The lowest BCUT2D eigenvalue weighted by molar-refractivity contribution is -0.123. The molecule has 0 saturated carbocycles. The Bertz CT molecular complexity index is 238. The Kier molecular flexibility index (Phi) is 3.90. The highest BCUT2D eigenvalue weighted by Crippen LogP contribution is 2.17. The molecule has 14 heavy (non-hydrogen) atoms. The summed E-state index contributed by atoms with van der Waals surface area (Å²) in [5, 5.41) is 8.65. The molecular formula is C10H17N3O. The fourth-order valence-electron chi connectivity index (χ4n) is 1.83. The summed E-state index contributed by atoms with van der Waals surface area (Å²) in [5.74, 6) is -0.0678. The number of nitrogens with zero attached hydrogens (tertiary/aromatic N) is 2. The zero-order valence-corrected chi connectivity index (χ0v) is 8.57. The first kappa shape index (κ1) is 11.0. The molecule has 1 unspecified atom stereocenters. The summed E-state index contributed by atoms with van der Waals surface area (Å²) >= 11 is 0. The van der Waals surface area contributed by atoms with Gasteiger partial charge in [0.15, 0.2) is 0 Å². The van der Waals surface area contributed by atoms with E-state index in [1.165, 1.54) is 0 Å². The van der Waals surface area contributed by atoms with Gasteiger partial charge in [-0.05, 0) is 32.9 Å². The molecule has 1 heterocycles. The Balaban J connectivity index is 2.29. The zero-order valence-electron chi connectivity index (χ0n) is 8.57. The van der Waals surface area contributed by atoms with Gasteiger partial charge in [-0.2, -0.15) is 5.26 Å². The van der Waals surface area contributed by atoms with Crippen LogP contribution in [0.4, 0.5) is 0 Å². The quantitative estimate of drug-likeness (QED) is 0.706. The van der Waals surface area contributed by atoms with Crippen molar-refractivity contribution < 1.29 is 4.79 Å². The van der Waals surface area contributed by atoms with Gasteiger partial charge in [0.25, 0.3) is 0 Å². The van der Waals surface area contributed by atoms with E-state index in [0.29, 0.717) is 0 Å². The largest absolute Gasteiger partial charge is 0.369 e. The van der Waals surface area contributed by atoms with E-state index in [1.807, 2.05) is 6.92 Å². The van der Waals surface area contributed by atoms with Crippen molar-refractivity contribution in [1.29, 1.82) is 5.26 Å². The number of carbonyl (C=O) groups is 1. The van der Waals surface area contributed by atoms with Crippen molar-refractivity contribution >= 4 is 5.91 Å². The van der Waals surface area contributed by atoms with Crippen LogP contribution in [0.2, 0.25) is 0 Å². The number of piperidine rings is 1. The van der Waals surface area contributed by atoms with E-state index in [-0.39, 0.29) is 17.7 Å². The average Bonchev–Trinajstić information content (AvgIpc) is 2.18. The van der Waals surface area contributed by atoms with Crippen LogP contribution in [0.25, 0.3) is 0 Å². The van der Waals surface area contributed by atoms with Gasteiger partial charge in [0.1, 0.15) is 0 Å². The molecule has 0 aromatic rings. The van der Waals surface area contributed by atoms with Gasteiger partial charge in [0.2, 0.25) is 5.91 Å². The van der Waals surface area contributed by atoms with E-state index in [1.54, 1.807) is 0 Å². The van der Waals surface area contributed by atoms with Crippen molar-refractivity contribution in [3.63, 3.8) is 0 Å². The number of likely N-dealkylation sites (tertiary alicyclic amines) is 1. The first-order chi connectivity index (χ1) is 6.63. The number of hydrogen-bond donors (Lipinski definition) is 1. The van der Waals surface area contributed by atoms with Gasteiger partial charge in [-0.3, -0.25) is 4.79 Å². The average molecular weight is 195 g/mol. The first-order valence-electron chi connectivity index (χ1n) is 5.04. The summed E-state index contributed by atoms with van der Waals surface area (Å²) in [7, 11) is 0. The van der Waals surface area contributed by atoms with Gasteiger partial charge in [-0.25, -0.2) is 0 Å². The number of rotatable bonds is 3. The summed E-state index contributed by atoms with van der Waals surface area (Å²) < 4.78 is 0. The number of carbonyl (C=O) groups excluding carboxylic acids is 1. The van der Waals surface area contributed by atoms with Gasteiger partial charge in [0, 0.05) is 12.5 Å². The van der Waals surface area contributed by atoms with Crippen LogP contribution in [0.15, 0.2) is 0 Å². The monoisotopic (exact) mass is 195 g/mol. The van der Waals surface area contributed by atoms with E-state index in [2.05, 4.69) is 11.0 Å². The predicted octanol–water partition coefficient (Wildman–Crippen LogP) is 0.343. The molecule has 2 N–H and O–H groups in total. The topological polar surface area (TPSA) is 70.1 Å². The van der Waals surface area contributed by atoms with Crippen LogP contribution in [-0.4, -0.2) is 30.4 Å². The lowest BCUT2D eigenvalue weighted by Gasteiger charge is -2.30. The molecule has 1 rings (SSSR count). The Morgan fingerprint density at radius 2 is 2.21 bits per heavy atom. The number of nitriles is 1. The second kappa shape index (κ2) is 4.97. The summed E-state index contributed by atoms with van der Waals surface area (Å²) in [6, 6.07) is 2.21. The Labute approximate surface area is 84.7 Å². The highest BCUT2D eigenvalue weighted by atomic mass is 16.1. The number of amides is 1. The molecule has 1 aliphatic heterocycles. The lowest BCUT2D eigenvalue weighted by atomic mass is 9.96. The van der Waals surface area contributed by atoms with Gasteiger partial charge < -0.3 is 10.6 Å². The molecule has 4 nitrogen and oxygen atoms in total. The van der Waals surface area contributed by atoms with Crippen LogP contribution >= 0.6 is 0 Å². The third-order valence-corrected chi connectivity index (χ3v) is 2.74. The van der Waals surface area contributed by atoms with Gasteiger partial charge in [-0.15, -0.1) is 0 Å². The zero-order chi connectivity index (χ0) is 10.6. The van der Waals surface area contributed by atoms with Crippen LogP contribution in [0, 0.1) is 23.2 Å². The molecule has 1 amide bonds. The van der Waals surface area contributed by atoms with E-state index in [0.717, 1.165) is 32.5 Å². The smallest absolute Gasteiger partial charge is 0.220 e. The molecule has 0 spiro atoms. The molecule has 1 fully saturated rings. The Hall–Kier alpha value is -1.08. The molecule has 0 aromatic carbocycles. The van der Waals surface area contributed by atoms with Crippen LogP contribution in [0.5, 0.6) is 0 Å². The molecule has 1 aliphatic rings. The van der Waals surface area contributed by atoms with Gasteiger partial charge in [0.05, 0.1) is 12.0 Å². The number of hydrogen-bond acceptors (Lipinski definition) is 3. The SMILES string of the molecule is CC(C#N)CN1CCC(C(N)=O)CC1. The molecular weight excluding hydrogens is 178 g/mol. The van der Waals surface area contributed by atoms with Gasteiger partial charge in [-0.1, -0.05) is 0 Å². The second-order valence-corrected chi connectivity index (χ2v) is 4.01. The molecule has 0 radical (unpaired) electrons. The lowest BCUT2D eigenvalue weighted by Crippen LogP contribution is -2.40. The normalized spacial score (nSPS) is 21.4. The molecule has 1 atom stereocenters. The summed E-state index contributed by atoms with van der Waals surface area (Å²) in [5.41, 5.74) is 5.23. The van der Waals surface area contributed by atoms with Crippen LogP contribution in [0.1, 0.15) is 19.8 Å². The fourth-order valence-corrected chi connectivity index (χ4v) is 1.83. The Morgan fingerprint density at radius 1 is 1.64 bits per heavy atom. The van der Waals surface area contributed by atoms with Crippen LogP contribution < -0.4 is 5.73 Å². The Morgan fingerprint density at radius 3 is 2.64 bits per heavy atom. The van der Waals surface area contributed by atoms with E-state index in [9.17, 15) is 4.79 Å². The van der Waals surface area contributed by atoms with Crippen molar-refractivity contribution in [3.8, 4) is 6.07 Å². The minimum Gasteiger partial charge on any atom is -0.369 e. The fraction of sp³-hybridized carbons (Fsp3) is 0.800. The van der Waals surface area contributed by atoms with E-state index < -0.39 is 0 Å². The minimum absolute atomic E-state index is 0.0450. The molecule has 1 saturated heterocycles. The molecule has 78 valence electrons.